The van der Waals surface area contributed by atoms with Gasteiger partial charge in [0.05, 0.1) is 24.5 Å². The van der Waals surface area contributed by atoms with Crippen molar-refractivity contribution in [3.05, 3.63) is 59.4 Å². The van der Waals surface area contributed by atoms with Crippen LogP contribution in [-0.2, 0) is 17.6 Å². The first-order valence-corrected chi connectivity index (χ1v) is 12.0. The smallest absolute Gasteiger partial charge is 0.148 e. The first-order valence-electron chi connectivity index (χ1n) is 12.0. The average molecular weight is 438 g/mol. The number of benzene rings is 2. The molecule has 2 aromatic rings. The predicted octanol–water partition coefficient (Wildman–Crippen LogP) is 2.78. The number of piperidine rings is 1. The summed E-state index contributed by atoms with van der Waals surface area (Å²) in [7, 11) is 0. The molecular weight excluding hydrogens is 405 g/mol. The molecule has 1 saturated carbocycles. The standard InChI is InChI=1S/C26H32FN3O2/c27-24-11-20(5-6-25(24)30-7-9-32-10-8-30)28-14-21-22-15-29(16-23(21)22)17-26(31)12-18-3-1-2-4-19(18)13-26/h1-6,11,21-23,28,31H,7-10,12-17H2. The van der Waals surface area contributed by atoms with Crippen molar-refractivity contribution in [1.29, 1.82) is 0 Å². The maximum Gasteiger partial charge on any atom is 0.148 e. The Hall–Kier alpha value is -2.15. The number of fused-ring (bicyclic) bond motifs is 2. The summed E-state index contributed by atoms with van der Waals surface area (Å²) in [5, 5.41) is 14.6. The molecule has 6 rings (SSSR count). The minimum absolute atomic E-state index is 0.162. The number of nitrogens with one attached hydrogen (secondary N) is 1. The van der Waals surface area contributed by atoms with Gasteiger partial charge >= 0.3 is 0 Å². The van der Waals surface area contributed by atoms with E-state index in [2.05, 4.69) is 39.4 Å². The molecule has 5 nitrogen and oxygen atoms in total. The molecule has 2 N–H and O–H groups in total. The van der Waals surface area contributed by atoms with Crippen LogP contribution in [0.25, 0.3) is 0 Å². The van der Waals surface area contributed by atoms with Crippen molar-refractivity contribution in [3.63, 3.8) is 0 Å². The summed E-state index contributed by atoms with van der Waals surface area (Å²) in [5.74, 6) is 1.90. The van der Waals surface area contributed by atoms with Gasteiger partial charge in [-0.15, -0.1) is 0 Å². The van der Waals surface area contributed by atoms with Gasteiger partial charge in [0, 0.05) is 57.8 Å². The van der Waals surface area contributed by atoms with Crippen LogP contribution >= 0.6 is 0 Å². The van der Waals surface area contributed by atoms with Crippen LogP contribution in [0, 0.1) is 23.6 Å². The monoisotopic (exact) mass is 437 g/mol. The molecule has 2 aliphatic heterocycles. The van der Waals surface area contributed by atoms with Gasteiger partial charge in [-0.1, -0.05) is 24.3 Å². The van der Waals surface area contributed by atoms with Crippen molar-refractivity contribution in [2.75, 3.05) is 62.7 Å². The van der Waals surface area contributed by atoms with E-state index in [1.54, 1.807) is 6.07 Å². The van der Waals surface area contributed by atoms with E-state index in [0.717, 1.165) is 57.8 Å². The van der Waals surface area contributed by atoms with Crippen molar-refractivity contribution in [3.8, 4) is 0 Å². The lowest BCUT2D eigenvalue weighted by molar-refractivity contribution is 0.0148. The van der Waals surface area contributed by atoms with Gasteiger partial charge in [0.1, 0.15) is 5.82 Å². The second-order valence-corrected chi connectivity index (χ2v) is 10.2. The van der Waals surface area contributed by atoms with Crippen molar-refractivity contribution in [2.45, 2.75) is 18.4 Å². The molecule has 0 aromatic heterocycles. The fourth-order valence-electron chi connectivity index (χ4n) is 6.28. The molecule has 32 heavy (non-hydrogen) atoms. The number of rotatable bonds is 6. The summed E-state index contributed by atoms with van der Waals surface area (Å²) in [6, 6.07) is 13.9. The highest BCUT2D eigenvalue weighted by atomic mass is 19.1. The average Bonchev–Trinajstić information content (AvgIpc) is 3.09. The molecule has 0 radical (unpaired) electrons. The summed E-state index contributed by atoms with van der Waals surface area (Å²) < 4.78 is 20.0. The van der Waals surface area contributed by atoms with Gasteiger partial charge in [-0.2, -0.15) is 0 Å². The lowest BCUT2D eigenvalue weighted by atomic mass is 9.99. The van der Waals surface area contributed by atoms with E-state index in [-0.39, 0.29) is 5.82 Å². The molecule has 2 heterocycles. The fraction of sp³-hybridized carbons (Fsp3) is 0.538. The van der Waals surface area contributed by atoms with Crippen LogP contribution in [0.5, 0.6) is 0 Å². The summed E-state index contributed by atoms with van der Waals surface area (Å²) in [6.07, 6.45) is 1.54. The molecule has 2 saturated heterocycles. The normalized spacial score (nSPS) is 28.4. The van der Waals surface area contributed by atoms with Crippen LogP contribution in [0.3, 0.4) is 0 Å². The van der Waals surface area contributed by atoms with Crippen LogP contribution < -0.4 is 10.2 Å². The molecule has 2 aromatic carbocycles. The molecule has 2 aliphatic carbocycles. The maximum absolute atomic E-state index is 14.6. The maximum atomic E-state index is 14.6. The van der Waals surface area contributed by atoms with E-state index in [0.29, 0.717) is 36.7 Å². The summed E-state index contributed by atoms with van der Waals surface area (Å²) in [6.45, 7) is 6.61. The number of likely N-dealkylation sites (tertiary alicyclic amines) is 1. The molecule has 0 bridgehead atoms. The SMILES string of the molecule is OC1(CN2CC3C(CNc4ccc(N5CCOCC5)c(F)c4)C3C2)Cc2ccccc2C1. The molecular formula is C26H32FN3O2. The number of ether oxygens (including phenoxy) is 1. The van der Waals surface area contributed by atoms with Crippen LogP contribution in [0.2, 0.25) is 0 Å². The summed E-state index contributed by atoms with van der Waals surface area (Å²) >= 11 is 0. The number of morpholine rings is 1. The van der Waals surface area contributed by atoms with E-state index in [9.17, 15) is 9.50 Å². The van der Waals surface area contributed by atoms with E-state index in [4.69, 9.17) is 4.74 Å². The Balaban J connectivity index is 0.983. The van der Waals surface area contributed by atoms with Crippen LogP contribution in [0.1, 0.15) is 11.1 Å². The highest BCUT2D eigenvalue weighted by molar-refractivity contribution is 5.56. The number of anilines is 2. The van der Waals surface area contributed by atoms with Crippen LogP contribution in [-0.4, -0.2) is 68.1 Å². The Kier molecular flexibility index (Phi) is 5.12. The van der Waals surface area contributed by atoms with Crippen LogP contribution in [0.15, 0.2) is 42.5 Å². The third kappa shape index (κ3) is 3.89. The lowest BCUT2D eigenvalue weighted by Crippen LogP contribution is -2.44. The van der Waals surface area contributed by atoms with Gasteiger partial charge in [-0.25, -0.2) is 4.39 Å². The molecule has 3 fully saturated rings. The van der Waals surface area contributed by atoms with Crippen molar-refractivity contribution in [1.82, 2.24) is 4.90 Å². The summed E-state index contributed by atoms with van der Waals surface area (Å²) in [5.41, 5.74) is 3.51. The minimum atomic E-state index is -0.617. The Bertz CT molecular complexity index is 956. The Labute approximate surface area is 189 Å². The third-order valence-electron chi connectivity index (χ3n) is 7.96. The highest BCUT2D eigenvalue weighted by Crippen LogP contribution is 2.52. The zero-order valence-corrected chi connectivity index (χ0v) is 18.5. The molecule has 2 atom stereocenters. The van der Waals surface area contributed by atoms with E-state index in [1.807, 2.05) is 12.1 Å². The molecule has 170 valence electrons. The van der Waals surface area contributed by atoms with Gasteiger partial charge in [-0.3, -0.25) is 4.90 Å². The first-order chi connectivity index (χ1) is 15.6. The number of aliphatic hydroxyl groups is 1. The molecule has 0 amide bonds. The molecule has 0 spiro atoms. The fourth-order valence-corrected chi connectivity index (χ4v) is 6.28. The van der Waals surface area contributed by atoms with Gasteiger partial charge in [0.25, 0.3) is 0 Å². The van der Waals surface area contributed by atoms with Gasteiger partial charge in [0.15, 0.2) is 0 Å². The Morgan fingerprint density at radius 2 is 1.72 bits per heavy atom. The van der Waals surface area contributed by atoms with E-state index < -0.39 is 5.60 Å². The van der Waals surface area contributed by atoms with E-state index >= 15 is 0 Å². The number of β-amino-alcohol motifs (C(OH)–C–C–N with tert-alkyl or cyclic N) is 1. The zero-order valence-electron chi connectivity index (χ0n) is 18.5. The van der Waals surface area contributed by atoms with Crippen molar-refractivity contribution >= 4 is 11.4 Å². The van der Waals surface area contributed by atoms with Crippen LogP contribution in [0.4, 0.5) is 15.8 Å². The Morgan fingerprint density at radius 3 is 2.38 bits per heavy atom. The van der Waals surface area contributed by atoms with E-state index in [1.165, 1.54) is 11.1 Å². The molecule has 4 aliphatic rings. The number of hydrogen-bond donors (Lipinski definition) is 2. The quantitative estimate of drug-likeness (QED) is 0.728. The number of nitrogens with zero attached hydrogens (tertiary/aromatic N) is 2. The van der Waals surface area contributed by atoms with Crippen molar-refractivity contribution < 1.29 is 14.2 Å². The topological polar surface area (TPSA) is 48.0 Å². The second-order valence-electron chi connectivity index (χ2n) is 10.2. The predicted molar refractivity (Wildman–Crippen MR) is 124 cm³/mol. The zero-order chi connectivity index (χ0) is 21.7. The van der Waals surface area contributed by atoms with Gasteiger partial charge in [0.2, 0.25) is 0 Å². The lowest BCUT2D eigenvalue weighted by Gasteiger charge is -2.30. The largest absolute Gasteiger partial charge is 0.388 e. The minimum Gasteiger partial charge on any atom is -0.388 e. The highest BCUT2D eigenvalue weighted by Gasteiger charge is 2.56. The molecule has 2 unspecified atom stereocenters. The molecule has 6 heteroatoms. The first kappa shape index (κ1) is 20.5. The number of halogens is 1. The summed E-state index contributed by atoms with van der Waals surface area (Å²) in [4.78, 5) is 4.51. The third-order valence-corrected chi connectivity index (χ3v) is 7.96. The van der Waals surface area contributed by atoms with Gasteiger partial charge in [-0.05, 0) is 47.1 Å². The van der Waals surface area contributed by atoms with Gasteiger partial charge < -0.3 is 20.1 Å². The van der Waals surface area contributed by atoms with Crippen molar-refractivity contribution in [2.24, 2.45) is 17.8 Å². The second kappa shape index (κ2) is 8.01. The number of hydrogen-bond acceptors (Lipinski definition) is 5. The Morgan fingerprint density at radius 1 is 1.03 bits per heavy atom.